The summed E-state index contributed by atoms with van der Waals surface area (Å²) in [6.45, 7) is 2.06. The summed E-state index contributed by atoms with van der Waals surface area (Å²) < 4.78 is 5.30. The Balaban J connectivity index is 2.69. The molecular weight excluding hydrogens is 208 g/mol. The first-order chi connectivity index (χ1) is 7.56. The molecule has 3 atom stereocenters. The van der Waals surface area contributed by atoms with E-state index in [0.29, 0.717) is 24.5 Å². The molecule has 1 saturated carbocycles. The van der Waals surface area contributed by atoms with E-state index in [0.717, 1.165) is 6.42 Å². The number of methoxy groups -OCH3 is 1. The lowest BCUT2D eigenvalue weighted by Crippen LogP contribution is -2.42. The minimum absolute atomic E-state index is 0.0369. The third-order valence-corrected chi connectivity index (χ3v) is 2.91. The summed E-state index contributed by atoms with van der Waals surface area (Å²) in [6, 6.07) is -0.368. The summed E-state index contributed by atoms with van der Waals surface area (Å²) in [4.78, 5) is 21.3. The predicted molar refractivity (Wildman–Crippen MR) is 59.5 cm³/mol. The maximum atomic E-state index is 11.0. The van der Waals surface area contributed by atoms with Crippen molar-refractivity contribution in [3.8, 4) is 0 Å². The molecule has 0 aromatic carbocycles. The molecule has 1 rings (SSSR count). The molecule has 0 bridgehead atoms. The van der Waals surface area contributed by atoms with E-state index in [4.69, 9.17) is 10.1 Å². The zero-order valence-electron chi connectivity index (χ0n) is 9.66. The molecule has 0 spiro atoms. The zero-order chi connectivity index (χ0) is 12.1. The first-order valence-corrected chi connectivity index (χ1v) is 5.42. The van der Waals surface area contributed by atoms with Crippen LogP contribution in [0, 0.1) is 11.3 Å². The summed E-state index contributed by atoms with van der Waals surface area (Å²) in [5, 5.41) is 10.4. The lowest BCUT2D eigenvalue weighted by Gasteiger charge is -2.19. The van der Waals surface area contributed by atoms with Crippen LogP contribution < -0.4 is 5.32 Å². The largest absolute Gasteiger partial charge is 0.381 e. The van der Waals surface area contributed by atoms with E-state index in [-0.39, 0.29) is 18.4 Å². The van der Waals surface area contributed by atoms with Crippen molar-refractivity contribution in [3.63, 3.8) is 0 Å². The van der Waals surface area contributed by atoms with E-state index in [1.807, 2.05) is 0 Å². The fourth-order valence-electron chi connectivity index (χ4n) is 2.10. The molecule has 2 N–H and O–H groups in total. The number of amides is 1. The number of hydrogen-bond donors (Lipinski definition) is 2. The summed E-state index contributed by atoms with van der Waals surface area (Å²) in [6.07, 6.45) is 2.37. The molecule has 1 aliphatic carbocycles. The van der Waals surface area contributed by atoms with Crippen molar-refractivity contribution in [1.82, 2.24) is 5.32 Å². The van der Waals surface area contributed by atoms with Crippen LogP contribution >= 0.6 is 0 Å². The molecule has 16 heavy (non-hydrogen) atoms. The highest BCUT2D eigenvalue weighted by atomic mass is 16.5. The fourth-order valence-corrected chi connectivity index (χ4v) is 2.10. The van der Waals surface area contributed by atoms with Gasteiger partial charge in [-0.15, -0.1) is 0 Å². The molecule has 1 fully saturated rings. The molecule has 0 heterocycles. The van der Waals surface area contributed by atoms with Crippen molar-refractivity contribution in [2.75, 3.05) is 7.11 Å². The number of hydrogen-bond acceptors (Lipinski definition) is 4. The Bertz CT molecular complexity index is 291. The van der Waals surface area contributed by atoms with E-state index in [1.54, 1.807) is 7.11 Å². The van der Waals surface area contributed by atoms with Crippen LogP contribution in [0.2, 0.25) is 0 Å². The molecular formula is C11H18N2O3. The van der Waals surface area contributed by atoms with Gasteiger partial charge in [0.2, 0.25) is 6.29 Å². The minimum atomic E-state index is -0.667. The highest BCUT2D eigenvalue weighted by molar-refractivity contribution is 6.24. The minimum Gasteiger partial charge on any atom is -0.381 e. The maximum Gasteiger partial charge on any atom is 0.284 e. The quantitative estimate of drug-likeness (QED) is 0.418. The smallest absolute Gasteiger partial charge is 0.284 e. The van der Waals surface area contributed by atoms with Gasteiger partial charge >= 0.3 is 0 Å². The average molecular weight is 226 g/mol. The second-order valence-electron chi connectivity index (χ2n) is 4.34. The van der Waals surface area contributed by atoms with Crippen LogP contribution in [-0.2, 0) is 14.3 Å². The third kappa shape index (κ3) is 3.41. The normalized spacial score (nSPS) is 30.6. The van der Waals surface area contributed by atoms with Crippen LogP contribution in [0.15, 0.2) is 0 Å². The van der Waals surface area contributed by atoms with Crippen LogP contribution in [0.4, 0.5) is 0 Å². The lowest BCUT2D eigenvalue weighted by molar-refractivity contribution is -0.131. The second kappa shape index (κ2) is 5.75. The lowest BCUT2D eigenvalue weighted by atomic mass is 10.0. The van der Waals surface area contributed by atoms with Gasteiger partial charge in [0.05, 0.1) is 12.1 Å². The third-order valence-electron chi connectivity index (χ3n) is 2.91. The first-order valence-electron chi connectivity index (χ1n) is 5.42. The van der Waals surface area contributed by atoms with E-state index < -0.39 is 5.91 Å². The summed E-state index contributed by atoms with van der Waals surface area (Å²) >= 11 is 0. The Morgan fingerprint density at radius 2 is 2.25 bits per heavy atom. The van der Waals surface area contributed by atoms with Gasteiger partial charge < -0.3 is 15.5 Å². The maximum absolute atomic E-state index is 11.0. The Morgan fingerprint density at radius 3 is 2.81 bits per heavy atom. The van der Waals surface area contributed by atoms with Gasteiger partial charge in [0, 0.05) is 12.8 Å². The monoisotopic (exact) mass is 226 g/mol. The molecule has 1 amide bonds. The number of aldehydes is 1. The van der Waals surface area contributed by atoms with Crippen LogP contribution in [0.3, 0.4) is 0 Å². The van der Waals surface area contributed by atoms with E-state index in [2.05, 4.69) is 12.2 Å². The van der Waals surface area contributed by atoms with Gasteiger partial charge in [-0.05, 0) is 25.2 Å². The van der Waals surface area contributed by atoms with E-state index in [1.165, 1.54) is 0 Å². The number of carbonyl (C=O) groups excluding carboxylic acids is 2. The van der Waals surface area contributed by atoms with Crippen molar-refractivity contribution < 1.29 is 14.3 Å². The standard InChI is InChI=1S/C11H18N2O3/c1-7-3-8(16-2)5-10(9(12)4-7)13-11(15)6-14/h6-8,10,12H,3-5H2,1-2H3,(H,13,15). The van der Waals surface area contributed by atoms with Crippen LogP contribution in [0.5, 0.6) is 0 Å². The van der Waals surface area contributed by atoms with Crippen molar-refractivity contribution >= 4 is 17.9 Å². The van der Waals surface area contributed by atoms with Gasteiger partial charge in [-0.2, -0.15) is 0 Å². The molecule has 0 aromatic rings. The molecule has 5 nitrogen and oxygen atoms in total. The molecule has 0 aliphatic heterocycles. The summed E-state index contributed by atoms with van der Waals surface area (Å²) in [7, 11) is 1.63. The summed E-state index contributed by atoms with van der Waals surface area (Å²) in [5.41, 5.74) is 0.474. The Kier molecular flexibility index (Phi) is 4.61. The SMILES string of the molecule is COC1CC(C)CC(=N)C(NC(=O)C=O)C1. The van der Waals surface area contributed by atoms with Crippen molar-refractivity contribution in [3.05, 3.63) is 0 Å². The molecule has 1 aliphatic rings. The van der Waals surface area contributed by atoms with Gasteiger partial charge in [-0.25, -0.2) is 0 Å². The molecule has 0 aromatic heterocycles. The predicted octanol–water partition coefficient (Wildman–Crippen LogP) is 0.525. The van der Waals surface area contributed by atoms with E-state index in [9.17, 15) is 9.59 Å². The number of nitrogens with one attached hydrogen (secondary N) is 2. The topological polar surface area (TPSA) is 79.2 Å². The average Bonchev–Trinajstić information content (AvgIpc) is 2.38. The van der Waals surface area contributed by atoms with Crippen molar-refractivity contribution in [1.29, 1.82) is 5.41 Å². The van der Waals surface area contributed by atoms with Gasteiger partial charge in [0.1, 0.15) is 0 Å². The van der Waals surface area contributed by atoms with Crippen LogP contribution in [0.1, 0.15) is 26.2 Å². The highest BCUT2D eigenvalue weighted by Gasteiger charge is 2.28. The molecule has 5 heteroatoms. The molecule has 90 valence electrons. The van der Waals surface area contributed by atoms with Crippen molar-refractivity contribution in [2.45, 2.75) is 38.3 Å². The Labute approximate surface area is 95.1 Å². The van der Waals surface area contributed by atoms with Crippen LogP contribution in [-0.4, -0.2) is 37.2 Å². The van der Waals surface area contributed by atoms with Gasteiger partial charge in [0.25, 0.3) is 5.91 Å². The second-order valence-corrected chi connectivity index (χ2v) is 4.34. The van der Waals surface area contributed by atoms with Crippen LogP contribution in [0.25, 0.3) is 0 Å². The zero-order valence-corrected chi connectivity index (χ0v) is 9.66. The molecule has 3 unspecified atom stereocenters. The number of carbonyl (C=O) groups is 2. The molecule has 0 saturated heterocycles. The first kappa shape index (κ1) is 12.8. The Hall–Kier alpha value is -1.23. The van der Waals surface area contributed by atoms with Gasteiger partial charge in [0.15, 0.2) is 0 Å². The number of rotatable bonds is 3. The molecule has 0 radical (unpaired) electrons. The van der Waals surface area contributed by atoms with Gasteiger partial charge in [-0.3, -0.25) is 9.59 Å². The highest BCUT2D eigenvalue weighted by Crippen LogP contribution is 2.22. The number of ether oxygens (including phenoxy) is 1. The van der Waals surface area contributed by atoms with Gasteiger partial charge in [-0.1, -0.05) is 6.92 Å². The fraction of sp³-hybridized carbons (Fsp3) is 0.727. The van der Waals surface area contributed by atoms with E-state index >= 15 is 0 Å². The Morgan fingerprint density at radius 1 is 1.56 bits per heavy atom. The van der Waals surface area contributed by atoms with Crippen molar-refractivity contribution in [2.24, 2.45) is 5.92 Å². The summed E-state index contributed by atoms with van der Waals surface area (Å²) in [5.74, 6) is -0.297.